The van der Waals surface area contributed by atoms with Gasteiger partial charge in [-0.2, -0.15) is 0 Å². The molecule has 0 radical (unpaired) electrons. The fourth-order valence-corrected chi connectivity index (χ4v) is 11.6. The molecule has 0 fully saturated rings. The van der Waals surface area contributed by atoms with E-state index in [1.165, 1.54) is 0 Å². The Kier molecular flexibility index (Phi) is 9.54. The van der Waals surface area contributed by atoms with E-state index >= 15 is 0 Å². The second-order valence-corrected chi connectivity index (χ2v) is 17.2. The van der Waals surface area contributed by atoms with Crippen LogP contribution in [0.15, 0.2) is 146 Å². The summed E-state index contributed by atoms with van der Waals surface area (Å²) < 4.78 is 56.6. The van der Waals surface area contributed by atoms with Crippen LogP contribution in [0.5, 0.6) is 28.7 Å². The lowest BCUT2D eigenvalue weighted by atomic mass is 10.2. The smallest absolute Gasteiger partial charge is 0.231 e. The summed E-state index contributed by atoms with van der Waals surface area (Å²) in [4.78, 5) is 0. The zero-order valence-electron chi connectivity index (χ0n) is 27.7. The van der Waals surface area contributed by atoms with Crippen molar-refractivity contribution in [1.29, 1.82) is 0 Å². The van der Waals surface area contributed by atoms with Crippen LogP contribution in [0.25, 0.3) is 0 Å². The average Bonchev–Trinajstić information content (AvgIpc) is 3.87. The Labute approximate surface area is 292 Å². The molecule has 7 nitrogen and oxygen atoms in total. The van der Waals surface area contributed by atoms with Gasteiger partial charge >= 0.3 is 0 Å². The predicted octanol–water partition coefficient (Wildman–Crippen LogP) is 6.82. The zero-order chi connectivity index (χ0) is 34.6. The minimum atomic E-state index is -3.07. The molecule has 2 aliphatic heterocycles. The van der Waals surface area contributed by atoms with Crippen LogP contribution in [0.2, 0.25) is 0 Å². The zero-order valence-corrected chi connectivity index (χ0v) is 29.5. The molecule has 50 heavy (non-hydrogen) atoms. The number of fused-ring (bicyclic) bond motifs is 2. The summed E-state index contributed by atoms with van der Waals surface area (Å²) in [6.07, 6.45) is 0. The molecule has 0 saturated heterocycles. The highest BCUT2D eigenvalue weighted by molar-refractivity contribution is 7.85. The van der Waals surface area contributed by atoms with Gasteiger partial charge in [0, 0.05) is 31.8 Å². The van der Waals surface area contributed by atoms with Gasteiger partial charge in [-0.15, -0.1) is 0 Å². The van der Waals surface area contributed by atoms with E-state index in [4.69, 9.17) is 23.7 Å². The fraction of sp³-hybridized carbons (Fsp3) is 0.122. The van der Waals surface area contributed by atoms with Gasteiger partial charge in [0.2, 0.25) is 19.3 Å². The van der Waals surface area contributed by atoms with E-state index in [-0.39, 0.29) is 13.6 Å². The van der Waals surface area contributed by atoms with Crippen molar-refractivity contribution in [3.8, 4) is 28.7 Å². The first-order chi connectivity index (χ1) is 24.4. The summed E-state index contributed by atoms with van der Waals surface area (Å²) in [5.74, 6) is 3.11. The minimum absolute atomic E-state index is 0.139. The van der Waals surface area contributed by atoms with Crippen LogP contribution in [0.4, 0.5) is 0 Å². The molecule has 6 aromatic carbocycles. The van der Waals surface area contributed by atoms with Gasteiger partial charge in [0.1, 0.15) is 0 Å². The third-order valence-electron chi connectivity index (χ3n) is 8.57. The van der Waals surface area contributed by atoms with Crippen LogP contribution in [0.1, 0.15) is 12.5 Å². The molecule has 0 unspecified atom stereocenters. The molecule has 0 spiro atoms. The average molecular weight is 703 g/mol. The molecule has 0 aliphatic carbocycles. The number of rotatable bonds is 8. The molecule has 2 heterocycles. The summed E-state index contributed by atoms with van der Waals surface area (Å²) in [6, 6.07) is 45.8. The molecule has 6 aromatic rings. The third kappa shape index (κ3) is 6.20. The van der Waals surface area contributed by atoms with Crippen molar-refractivity contribution < 1.29 is 32.8 Å². The first-order valence-electron chi connectivity index (χ1n) is 16.3. The predicted molar refractivity (Wildman–Crippen MR) is 200 cm³/mol. The molecule has 0 bridgehead atoms. The van der Waals surface area contributed by atoms with Gasteiger partial charge in [0.05, 0.1) is 6.61 Å². The second kappa shape index (κ2) is 14.3. The first kappa shape index (κ1) is 33.3. The number of benzene rings is 6. The molecule has 0 aromatic heterocycles. The standard InChI is InChI=1S/C21H19O4P.C20H17O3P/c1-2-23-19-13-18(14-20-21(19)25-15-24-20)26(22,16-9-5-3-6-10-16)17-11-7-4-8-12-17;1-15-12-18(13-19-20(15)23-14-22-19)24(21,16-8-4-2-5-9-16)17-10-6-3-7-11-17/h3-14H,2,15H2,1H3;2-13H,14H2,1H3. The molecule has 0 amide bonds. The quantitative estimate of drug-likeness (QED) is 0.161. The summed E-state index contributed by atoms with van der Waals surface area (Å²) in [6.45, 7) is 4.70. The first-order valence-corrected chi connectivity index (χ1v) is 19.7. The van der Waals surface area contributed by atoms with Gasteiger partial charge in [-0.25, -0.2) is 0 Å². The molecule has 2 aliphatic rings. The van der Waals surface area contributed by atoms with Gasteiger partial charge in [-0.05, 0) is 43.7 Å². The third-order valence-corrected chi connectivity index (χ3v) is 14.6. The van der Waals surface area contributed by atoms with Gasteiger partial charge < -0.3 is 32.8 Å². The largest absolute Gasteiger partial charge is 0.490 e. The molecule has 0 saturated carbocycles. The number of ether oxygens (including phenoxy) is 5. The highest BCUT2D eigenvalue weighted by atomic mass is 31.2. The van der Waals surface area contributed by atoms with Crippen LogP contribution in [-0.2, 0) is 9.13 Å². The normalized spacial score (nSPS) is 12.9. The van der Waals surface area contributed by atoms with Gasteiger partial charge in [0.25, 0.3) is 0 Å². The SMILES string of the molecule is CCOc1cc(P(=O)(c2ccccc2)c2ccccc2)cc2c1OCO2.Cc1cc(P(=O)(c2ccccc2)c2ccccc2)cc2c1OCO2. The van der Waals surface area contributed by atoms with Crippen LogP contribution < -0.4 is 55.5 Å². The maximum Gasteiger partial charge on any atom is 0.231 e. The Balaban J connectivity index is 0.000000157. The molecule has 0 atom stereocenters. The summed E-state index contributed by atoms with van der Waals surface area (Å²) in [5.41, 5.74) is 0.937. The van der Waals surface area contributed by atoms with Crippen molar-refractivity contribution in [1.82, 2.24) is 0 Å². The topological polar surface area (TPSA) is 80.3 Å². The molecule has 9 heteroatoms. The lowest BCUT2D eigenvalue weighted by molar-refractivity contribution is 0.170. The number of aryl methyl sites for hydroxylation is 1. The Hall–Kier alpha value is -5.22. The van der Waals surface area contributed by atoms with Crippen LogP contribution in [0, 0.1) is 6.92 Å². The van der Waals surface area contributed by atoms with Crippen molar-refractivity contribution in [2.45, 2.75) is 13.8 Å². The van der Waals surface area contributed by atoms with E-state index in [1.54, 1.807) is 0 Å². The summed E-state index contributed by atoms with van der Waals surface area (Å²) >= 11 is 0. The molecular weight excluding hydrogens is 666 g/mol. The highest BCUT2D eigenvalue weighted by Gasteiger charge is 2.34. The number of hydrogen-bond donors (Lipinski definition) is 0. The van der Waals surface area contributed by atoms with E-state index in [9.17, 15) is 9.13 Å². The van der Waals surface area contributed by atoms with Crippen molar-refractivity contribution in [2.24, 2.45) is 0 Å². The highest BCUT2D eigenvalue weighted by Crippen LogP contribution is 2.49. The van der Waals surface area contributed by atoms with E-state index in [1.807, 2.05) is 159 Å². The molecule has 0 N–H and O–H groups in total. The maximum atomic E-state index is 14.4. The van der Waals surface area contributed by atoms with Crippen molar-refractivity contribution in [2.75, 3.05) is 20.2 Å². The Bertz CT molecular complexity index is 2100. The van der Waals surface area contributed by atoms with Crippen molar-refractivity contribution in [3.05, 3.63) is 151 Å². The van der Waals surface area contributed by atoms with E-state index in [0.29, 0.717) is 34.9 Å². The van der Waals surface area contributed by atoms with E-state index in [2.05, 4.69) is 0 Å². The Morgan fingerprint density at radius 2 is 0.880 bits per heavy atom. The van der Waals surface area contributed by atoms with Crippen molar-refractivity contribution >= 4 is 46.1 Å². The number of hydrogen-bond acceptors (Lipinski definition) is 7. The van der Waals surface area contributed by atoms with Crippen LogP contribution >= 0.6 is 14.3 Å². The van der Waals surface area contributed by atoms with E-state index in [0.717, 1.165) is 37.8 Å². The Morgan fingerprint density at radius 3 is 1.30 bits per heavy atom. The van der Waals surface area contributed by atoms with Gasteiger partial charge in [-0.1, -0.05) is 121 Å². The maximum absolute atomic E-state index is 14.4. The monoisotopic (exact) mass is 702 g/mol. The lowest BCUT2D eigenvalue weighted by Gasteiger charge is -2.21. The second-order valence-electron chi connectivity index (χ2n) is 11.7. The fourth-order valence-electron chi connectivity index (χ4n) is 6.20. The summed E-state index contributed by atoms with van der Waals surface area (Å²) in [5, 5.41) is 4.60. The van der Waals surface area contributed by atoms with Gasteiger partial charge in [0.15, 0.2) is 37.3 Å². The molecule has 252 valence electrons. The minimum Gasteiger partial charge on any atom is -0.490 e. The summed E-state index contributed by atoms with van der Waals surface area (Å²) in [7, 11) is -6.05. The Morgan fingerprint density at radius 1 is 0.500 bits per heavy atom. The lowest BCUT2D eigenvalue weighted by Crippen LogP contribution is -2.25. The molecular formula is C41H36O7P2. The van der Waals surface area contributed by atoms with Gasteiger partial charge in [-0.3, -0.25) is 0 Å². The van der Waals surface area contributed by atoms with Crippen molar-refractivity contribution in [3.63, 3.8) is 0 Å². The van der Waals surface area contributed by atoms with Crippen LogP contribution in [-0.4, -0.2) is 20.2 Å². The van der Waals surface area contributed by atoms with Crippen LogP contribution in [0.3, 0.4) is 0 Å². The molecule has 8 rings (SSSR count). The van der Waals surface area contributed by atoms with E-state index < -0.39 is 14.3 Å².